The molecule has 3 rings (SSSR count). The van der Waals surface area contributed by atoms with Crippen LogP contribution in [0.15, 0.2) is 59.2 Å². The number of fused-ring (bicyclic) bond motifs is 1. The van der Waals surface area contributed by atoms with E-state index in [1.807, 2.05) is 30.5 Å². The Balaban J connectivity index is 2.23. The lowest BCUT2D eigenvalue weighted by Crippen LogP contribution is -1.87. The number of benzene rings is 1. The van der Waals surface area contributed by atoms with Crippen molar-refractivity contribution < 1.29 is 4.39 Å². The second-order valence-corrected chi connectivity index (χ2v) is 4.78. The van der Waals surface area contributed by atoms with Crippen LogP contribution >= 0.6 is 15.9 Å². The summed E-state index contributed by atoms with van der Waals surface area (Å²) in [5.74, 6) is -0.212. The van der Waals surface area contributed by atoms with Crippen molar-refractivity contribution in [3.63, 3.8) is 0 Å². The van der Waals surface area contributed by atoms with Gasteiger partial charge in [0.15, 0.2) is 0 Å². The topological polar surface area (TPSA) is 4.41 Å². The molecule has 0 atom stereocenters. The molecule has 0 aliphatic rings. The lowest BCUT2D eigenvalue weighted by molar-refractivity contribution is 0.628. The molecule has 1 nitrogen and oxygen atoms in total. The Kier molecular flexibility index (Phi) is 2.48. The maximum Gasteiger partial charge on any atom is 0.123 e. The average Bonchev–Trinajstić information content (AvgIpc) is 2.73. The summed E-state index contributed by atoms with van der Waals surface area (Å²) in [6.07, 6.45) is 2.01. The van der Waals surface area contributed by atoms with Crippen molar-refractivity contribution in [1.29, 1.82) is 0 Å². The van der Waals surface area contributed by atoms with Crippen molar-refractivity contribution in [1.82, 2.24) is 4.40 Å². The molecule has 0 N–H and O–H groups in total. The molecule has 17 heavy (non-hydrogen) atoms. The van der Waals surface area contributed by atoms with E-state index in [1.165, 1.54) is 12.1 Å². The van der Waals surface area contributed by atoms with Crippen LogP contribution in [0.4, 0.5) is 4.39 Å². The molecule has 0 spiro atoms. The third kappa shape index (κ3) is 1.87. The smallest absolute Gasteiger partial charge is 0.123 e. The Morgan fingerprint density at radius 2 is 1.59 bits per heavy atom. The maximum absolute atomic E-state index is 12.9. The van der Waals surface area contributed by atoms with Crippen molar-refractivity contribution in [2.24, 2.45) is 0 Å². The summed E-state index contributed by atoms with van der Waals surface area (Å²) >= 11 is 3.45. The van der Waals surface area contributed by atoms with Gasteiger partial charge in [0.1, 0.15) is 5.82 Å². The van der Waals surface area contributed by atoms with E-state index < -0.39 is 0 Å². The molecule has 0 radical (unpaired) electrons. The number of rotatable bonds is 1. The SMILES string of the molecule is Fc1ccc(-c2ccc3ccc(Br)cn23)cc1. The summed E-state index contributed by atoms with van der Waals surface area (Å²) in [5, 5.41) is 0. The molecule has 0 aliphatic heterocycles. The first-order valence-corrected chi connectivity index (χ1v) is 6.06. The van der Waals surface area contributed by atoms with Gasteiger partial charge in [-0.2, -0.15) is 0 Å². The van der Waals surface area contributed by atoms with E-state index in [2.05, 4.69) is 20.3 Å². The van der Waals surface area contributed by atoms with Gasteiger partial charge in [-0.05, 0) is 70.0 Å². The lowest BCUT2D eigenvalue weighted by atomic mass is 10.1. The van der Waals surface area contributed by atoms with Gasteiger partial charge in [-0.15, -0.1) is 0 Å². The summed E-state index contributed by atoms with van der Waals surface area (Å²) in [5.41, 5.74) is 3.18. The summed E-state index contributed by atoms with van der Waals surface area (Å²) in [7, 11) is 0. The third-order valence-electron chi connectivity index (χ3n) is 2.76. The number of hydrogen-bond donors (Lipinski definition) is 0. The van der Waals surface area contributed by atoms with Crippen LogP contribution < -0.4 is 0 Å². The van der Waals surface area contributed by atoms with Gasteiger partial charge >= 0.3 is 0 Å². The van der Waals surface area contributed by atoms with Gasteiger partial charge in [-0.3, -0.25) is 0 Å². The normalized spacial score (nSPS) is 10.9. The molecule has 0 unspecified atom stereocenters. The van der Waals surface area contributed by atoms with Gasteiger partial charge in [-0.1, -0.05) is 0 Å². The van der Waals surface area contributed by atoms with Crippen LogP contribution in [0.1, 0.15) is 0 Å². The number of hydrogen-bond acceptors (Lipinski definition) is 0. The highest BCUT2D eigenvalue weighted by Gasteiger charge is 2.04. The Hall–Kier alpha value is -1.61. The summed E-state index contributed by atoms with van der Waals surface area (Å²) in [4.78, 5) is 0. The van der Waals surface area contributed by atoms with Crippen LogP contribution in [-0.4, -0.2) is 4.40 Å². The fourth-order valence-electron chi connectivity index (χ4n) is 1.93. The van der Waals surface area contributed by atoms with Gasteiger partial charge in [0.25, 0.3) is 0 Å². The second kappa shape index (κ2) is 4.00. The van der Waals surface area contributed by atoms with E-state index in [9.17, 15) is 4.39 Å². The Morgan fingerprint density at radius 1 is 0.882 bits per heavy atom. The standard InChI is InChI=1S/C14H9BrFN/c15-11-3-6-13-7-8-14(17(13)9-11)10-1-4-12(16)5-2-10/h1-9H. The first-order valence-electron chi connectivity index (χ1n) is 5.26. The Bertz CT molecular complexity index is 670. The molecular weight excluding hydrogens is 281 g/mol. The molecule has 0 saturated heterocycles. The van der Waals surface area contributed by atoms with E-state index in [0.29, 0.717) is 0 Å². The monoisotopic (exact) mass is 289 g/mol. The quantitative estimate of drug-likeness (QED) is 0.621. The zero-order chi connectivity index (χ0) is 11.8. The third-order valence-corrected chi connectivity index (χ3v) is 3.22. The zero-order valence-electron chi connectivity index (χ0n) is 8.90. The summed E-state index contributed by atoms with van der Waals surface area (Å²) in [6, 6.07) is 14.7. The van der Waals surface area contributed by atoms with Crippen LogP contribution in [0.5, 0.6) is 0 Å². The fourth-order valence-corrected chi connectivity index (χ4v) is 2.27. The van der Waals surface area contributed by atoms with E-state index in [-0.39, 0.29) is 5.82 Å². The van der Waals surface area contributed by atoms with Crippen molar-refractivity contribution in [3.05, 3.63) is 65.0 Å². The highest BCUT2D eigenvalue weighted by atomic mass is 79.9. The predicted molar refractivity (Wildman–Crippen MR) is 70.5 cm³/mol. The fraction of sp³-hybridized carbons (Fsp3) is 0. The first kappa shape index (κ1) is 10.5. The van der Waals surface area contributed by atoms with E-state index in [0.717, 1.165) is 21.2 Å². The number of pyridine rings is 1. The van der Waals surface area contributed by atoms with Crippen molar-refractivity contribution >= 4 is 21.4 Å². The van der Waals surface area contributed by atoms with Crippen LogP contribution in [0.25, 0.3) is 16.8 Å². The molecule has 0 aliphatic carbocycles. The van der Waals surface area contributed by atoms with E-state index >= 15 is 0 Å². The first-order chi connectivity index (χ1) is 8.24. The predicted octanol–water partition coefficient (Wildman–Crippen LogP) is 4.51. The van der Waals surface area contributed by atoms with Crippen molar-refractivity contribution in [3.8, 4) is 11.3 Å². The van der Waals surface area contributed by atoms with Crippen molar-refractivity contribution in [2.75, 3.05) is 0 Å². The van der Waals surface area contributed by atoms with Crippen LogP contribution in [-0.2, 0) is 0 Å². The number of halogens is 2. The van der Waals surface area contributed by atoms with Gasteiger partial charge in [0.2, 0.25) is 0 Å². The van der Waals surface area contributed by atoms with E-state index in [1.54, 1.807) is 12.1 Å². The minimum Gasteiger partial charge on any atom is -0.315 e. The molecule has 84 valence electrons. The van der Waals surface area contributed by atoms with Crippen LogP contribution in [0, 0.1) is 5.82 Å². The minimum atomic E-state index is -0.212. The van der Waals surface area contributed by atoms with Crippen LogP contribution in [0.2, 0.25) is 0 Å². The van der Waals surface area contributed by atoms with Gasteiger partial charge in [-0.25, -0.2) is 4.39 Å². The average molecular weight is 290 g/mol. The number of nitrogens with zero attached hydrogens (tertiary/aromatic N) is 1. The summed E-state index contributed by atoms with van der Waals surface area (Å²) in [6.45, 7) is 0. The molecule has 0 saturated carbocycles. The van der Waals surface area contributed by atoms with Crippen molar-refractivity contribution in [2.45, 2.75) is 0 Å². The molecular formula is C14H9BrFN. The molecule has 3 heteroatoms. The highest BCUT2D eigenvalue weighted by Crippen LogP contribution is 2.24. The Labute approximate surface area is 107 Å². The lowest BCUT2D eigenvalue weighted by Gasteiger charge is -2.03. The molecule has 2 aromatic heterocycles. The molecule has 0 fully saturated rings. The minimum absolute atomic E-state index is 0.212. The van der Waals surface area contributed by atoms with Gasteiger partial charge < -0.3 is 4.40 Å². The zero-order valence-corrected chi connectivity index (χ0v) is 10.5. The van der Waals surface area contributed by atoms with Gasteiger partial charge in [0.05, 0.1) is 5.69 Å². The molecule has 0 amide bonds. The maximum atomic E-state index is 12.9. The molecule has 3 aromatic rings. The number of aromatic nitrogens is 1. The van der Waals surface area contributed by atoms with Gasteiger partial charge in [0, 0.05) is 16.2 Å². The molecule has 1 aromatic carbocycles. The highest BCUT2D eigenvalue weighted by molar-refractivity contribution is 9.10. The van der Waals surface area contributed by atoms with E-state index in [4.69, 9.17) is 0 Å². The molecule has 0 bridgehead atoms. The second-order valence-electron chi connectivity index (χ2n) is 3.87. The van der Waals surface area contributed by atoms with Crippen LogP contribution in [0.3, 0.4) is 0 Å². The largest absolute Gasteiger partial charge is 0.315 e. The summed E-state index contributed by atoms with van der Waals surface area (Å²) < 4.78 is 16.0. The Morgan fingerprint density at radius 3 is 2.35 bits per heavy atom. The molecule has 2 heterocycles.